The molecule has 49 heavy (non-hydrogen) atoms. The topological polar surface area (TPSA) is 143 Å². The zero-order chi connectivity index (χ0) is 34.9. The highest BCUT2D eigenvalue weighted by Gasteiger charge is 2.70. The number of ether oxygens (including phenoxy) is 2. The summed E-state index contributed by atoms with van der Waals surface area (Å²) in [7, 11) is 2.62. The maximum atomic E-state index is 15.2. The van der Waals surface area contributed by atoms with Crippen LogP contribution in [0, 0.1) is 30.6 Å². The quantitative estimate of drug-likeness (QED) is 0.250. The van der Waals surface area contributed by atoms with E-state index in [4.69, 9.17) is 32.7 Å². The first-order chi connectivity index (χ1) is 23.4. The number of rotatable bonds is 5. The van der Waals surface area contributed by atoms with Crippen LogP contribution in [0.25, 0.3) is 0 Å². The molecule has 2 heterocycles. The maximum Gasteiger partial charge on any atom is 0.423 e. The minimum Gasteiger partial charge on any atom is -0.508 e. The first-order valence-electron chi connectivity index (χ1n) is 15.6. The van der Waals surface area contributed by atoms with Gasteiger partial charge in [0, 0.05) is 10.9 Å². The van der Waals surface area contributed by atoms with E-state index in [9.17, 15) is 24.3 Å². The number of allylic oxidation sites excluding steroid dienone is 2. The van der Waals surface area contributed by atoms with Crippen molar-refractivity contribution in [3.05, 3.63) is 99.0 Å². The van der Waals surface area contributed by atoms with E-state index in [0.717, 1.165) is 12.1 Å². The van der Waals surface area contributed by atoms with Crippen molar-refractivity contribution in [1.29, 1.82) is 0 Å². The van der Waals surface area contributed by atoms with Gasteiger partial charge in [-0.1, -0.05) is 59.1 Å². The highest BCUT2D eigenvalue weighted by Crippen LogP contribution is 2.64. The van der Waals surface area contributed by atoms with E-state index >= 15 is 4.79 Å². The summed E-state index contributed by atoms with van der Waals surface area (Å²) in [5, 5.41) is 12.0. The van der Waals surface area contributed by atoms with Crippen LogP contribution in [-0.4, -0.2) is 59.0 Å². The van der Waals surface area contributed by atoms with Gasteiger partial charge in [0.05, 0.1) is 48.1 Å². The van der Waals surface area contributed by atoms with Crippen molar-refractivity contribution in [3.8, 4) is 11.5 Å². The average molecular weight is 705 g/mol. The van der Waals surface area contributed by atoms with Crippen LogP contribution >= 0.6 is 23.2 Å². The van der Waals surface area contributed by atoms with Gasteiger partial charge >= 0.3 is 6.09 Å². The standard InChI is InChI=1S/C36H31Cl2N3O8/c1-17-14-18(4-13-28(17)42)30-22-10-11-23-29(33(45)40(31(23)43)35(47)49-3)24(22)16-25-32(44)41(39-27-12-7-20(37)15-26(27)38)34(46)36(25,30)19-5-8-21(48-2)9-6-19/h4-10,12-15,23-25,29-30,39,42H,11,16H2,1-3H3/t23-,24+,25-,29-,30-,36+/m0/s1. The number of carbonyl (C=O) groups excluding carboxylic acids is 5. The normalized spacial score (nSPS) is 27.4. The Labute approximate surface area is 291 Å². The van der Waals surface area contributed by atoms with Crippen LogP contribution in [0.4, 0.5) is 10.5 Å². The van der Waals surface area contributed by atoms with E-state index in [1.807, 2.05) is 6.08 Å². The van der Waals surface area contributed by atoms with Gasteiger partial charge in [-0.2, -0.15) is 9.91 Å². The number of phenols is 1. The molecule has 0 radical (unpaired) electrons. The van der Waals surface area contributed by atoms with Crippen molar-refractivity contribution in [2.75, 3.05) is 19.6 Å². The number of fused-ring (bicyclic) bond motifs is 4. The van der Waals surface area contributed by atoms with Crippen molar-refractivity contribution >= 4 is 58.6 Å². The number of carbonyl (C=O) groups is 5. The Hall–Kier alpha value is -4.87. The Morgan fingerprint density at radius 3 is 2.33 bits per heavy atom. The van der Waals surface area contributed by atoms with Crippen LogP contribution < -0.4 is 10.2 Å². The van der Waals surface area contributed by atoms with E-state index in [2.05, 4.69) is 5.43 Å². The number of halogens is 2. The lowest BCUT2D eigenvalue weighted by Gasteiger charge is -2.50. The van der Waals surface area contributed by atoms with Gasteiger partial charge in [0.1, 0.15) is 11.5 Å². The Kier molecular flexibility index (Phi) is 7.95. The average Bonchev–Trinajstić information content (AvgIpc) is 3.47. The molecule has 5 amide bonds. The van der Waals surface area contributed by atoms with Crippen LogP contribution in [0.3, 0.4) is 0 Å². The number of anilines is 1. The molecule has 13 heteroatoms. The van der Waals surface area contributed by atoms with Gasteiger partial charge in [-0.3, -0.25) is 24.6 Å². The Bertz CT molecular complexity index is 1980. The van der Waals surface area contributed by atoms with E-state index in [1.54, 1.807) is 55.5 Å². The van der Waals surface area contributed by atoms with E-state index in [1.165, 1.54) is 19.2 Å². The number of hydrazine groups is 1. The number of hydrogen-bond acceptors (Lipinski definition) is 9. The zero-order valence-electron chi connectivity index (χ0n) is 26.6. The van der Waals surface area contributed by atoms with E-state index < -0.39 is 64.7 Å². The third kappa shape index (κ3) is 4.74. The van der Waals surface area contributed by atoms with Gasteiger partial charge in [-0.15, -0.1) is 0 Å². The Balaban J connectivity index is 1.46. The highest BCUT2D eigenvalue weighted by atomic mass is 35.5. The molecule has 2 saturated heterocycles. The van der Waals surface area contributed by atoms with Crippen LogP contribution in [-0.2, 0) is 29.3 Å². The maximum absolute atomic E-state index is 15.2. The molecule has 4 aliphatic rings. The SMILES string of the molecule is COC(=O)N1C(=O)[C@H]2[C@H](CC=C3[C@H]2C[C@H]2C(=O)N(Nc4ccc(Cl)cc4Cl)C(=O)[C@@]2(c2ccc(OC)cc2)[C@H]3c2ccc(O)c(C)c2)C1=O. The van der Waals surface area contributed by atoms with Crippen LogP contribution in [0.1, 0.15) is 35.4 Å². The summed E-state index contributed by atoms with van der Waals surface area (Å²) >= 11 is 12.6. The minimum atomic E-state index is -1.55. The fourth-order valence-electron chi connectivity index (χ4n) is 8.35. The molecule has 0 unspecified atom stereocenters. The number of phenolic OH excluding ortho intramolecular Hbond substituents is 1. The van der Waals surface area contributed by atoms with Crippen LogP contribution in [0.15, 0.2) is 72.3 Å². The number of aryl methyl sites for hydroxylation is 1. The molecule has 3 aromatic carbocycles. The van der Waals surface area contributed by atoms with Crippen molar-refractivity contribution in [3.63, 3.8) is 0 Å². The second-order valence-electron chi connectivity index (χ2n) is 12.7. The molecule has 3 fully saturated rings. The molecule has 0 spiro atoms. The fraction of sp³-hybridized carbons (Fsp3) is 0.306. The molecule has 3 aromatic rings. The molecule has 6 atom stereocenters. The van der Waals surface area contributed by atoms with Crippen LogP contribution in [0.5, 0.6) is 11.5 Å². The summed E-state index contributed by atoms with van der Waals surface area (Å²) in [6.07, 6.45) is 0.964. The summed E-state index contributed by atoms with van der Waals surface area (Å²) in [5.74, 6) is -6.24. The number of benzene rings is 3. The molecule has 0 bridgehead atoms. The number of imide groups is 4. The second kappa shape index (κ2) is 11.9. The summed E-state index contributed by atoms with van der Waals surface area (Å²) in [6, 6.07) is 16.6. The molecule has 0 aromatic heterocycles. The first kappa shape index (κ1) is 32.7. The molecule has 11 nitrogen and oxygen atoms in total. The number of nitrogens with one attached hydrogen (secondary N) is 1. The molecule has 1 saturated carbocycles. The fourth-order valence-corrected chi connectivity index (χ4v) is 8.80. The lowest BCUT2D eigenvalue weighted by molar-refractivity contribution is -0.140. The largest absolute Gasteiger partial charge is 0.508 e. The minimum absolute atomic E-state index is 0.0255. The van der Waals surface area contributed by atoms with Crippen LogP contribution in [0.2, 0.25) is 10.0 Å². The van der Waals surface area contributed by atoms with Gasteiger partial charge in [-0.25, -0.2) is 4.79 Å². The summed E-state index contributed by atoms with van der Waals surface area (Å²) in [4.78, 5) is 70.4. The third-order valence-electron chi connectivity index (χ3n) is 10.5. The number of likely N-dealkylation sites (tertiary alicyclic amines) is 1. The number of nitrogens with zero attached hydrogens (tertiary/aromatic N) is 2. The van der Waals surface area contributed by atoms with Gasteiger partial charge in [0.15, 0.2) is 0 Å². The van der Waals surface area contributed by atoms with Gasteiger partial charge in [0.25, 0.3) is 11.8 Å². The lowest BCUT2D eigenvalue weighted by atomic mass is 9.49. The molecular formula is C36H31Cl2N3O8. The van der Waals surface area contributed by atoms with Gasteiger partial charge in [-0.05, 0) is 78.8 Å². The summed E-state index contributed by atoms with van der Waals surface area (Å²) in [5.41, 5.74) is 4.05. The van der Waals surface area contributed by atoms with Crippen molar-refractivity contribution in [1.82, 2.24) is 9.91 Å². The van der Waals surface area contributed by atoms with Crippen molar-refractivity contribution in [2.24, 2.45) is 23.7 Å². The third-order valence-corrected chi connectivity index (χ3v) is 11.0. The molecule has 252 valence electrons. The molecule has 2 aliphatic heterocycles. The van der Waals surface area contributed by atoms with E-state index in [-0.39, 0.29) is 29.3 Å². The smallest absolute Gasteiger partial charge is 0.423 e. The number of aromatic hydroxyl groups is 1. The lowest BCUT2D eigenvalue weighted by Crippen LogP contribution is -2.53. The Morgan fingerprint density at radius 2 is 1.67 bits per heavy atom. The number of hydrogen-bond donors (Lipinski definition) is 2. The molecule has 7 rings (SSSR count). The molecule has 2 aliphatic carbocycles. The van der Waals surface area contributed by atoms with Gasteiger partial charge < -0.3 is 14.6 Å². The first-order valence-corrected chi connectivity index (χ1v) is 16.4. The monoisotopic (exact) mass is 703 g/mol. The Morgan fingerprint density at radius 1 is 0.939 bits per heavy atom. The molecular weight excluding hydrogens is 673 g/mol. The summed E-state index contributed by atoms with van der Waals surface area (Å²) < 4.78 is 10.2. The predicted molar refractivity (Wildman–Crippen MR) is 178 cm³/mol. The van der Waals surface area contributed by atoms with Gasteiger partial charge in [0.2, 0.25) is 11.8 Å². The summed E-state index contributed by atoms with van der Waals surface area (Å²) in [6.45, 7) is 1.73. The highest BCUT2D eigenvalue weighted by molar-refractivity contribution is 6.36. The molecule has 2 N–H and O–H groups in total. The predicted octanol–water partition coefficient (Wildman–Crippen LogP) is 5.77. The second-order valence-corrected chi connectivity index (χ2v) is 13.6. The number of amides is 5. The zero-order valence-corrected chi connectivity index (χ0v) is 28.1. The van der Waals surface area contributed by atoms with E-state index in [0.29, 0.717) is 37.9 Å². The van der Waals surface area contributed by atoms with Crippen molar-refractivity contribution in [2.45, 2.75) is 31.1 Å². The van der Waals surface area contributed by atoms with Crippen molar-refractivity contribution < 1.29 is 38.6 Å². The number of methoxy groups -OCH3 is 2.